The molecule has 0 aromatic heterocycles. The summed E-state index contributed by atoms with van der Waals surface area (Å²) in [6, 6.07) is 6.59. The Hall–Kier alpha value is -0.910. The van der Waals surface area contributed by atoms with Gasteiger partial charge in [0.05, 0.1) is 11.0 Å². The third kappa shape index (κ3) is 2.86. The van der Waals surface area contributed by atoms with Gasteiger partial charge in [-0.1, -0.05) is 25.0 Å². The zero-order chi connectivity index (χ0) is 12.5. The monoisotopic (exact) mass is 255 g/mol. The molecule has 0 radical (unpaired) electrons. The molecular formula is C12H17NO3S. The van der Waals surface area contributed by atoms with Crippen molar-refractivity contribution in [1.82, 2.24) is 0 Å². The van der Waals surface area contributed by atoms with Gasteiger partial charge in [-0.15, -0.1) is 0 Å². The molecule has 17 heavy (non-hydrogen) atoms. The minimum atomic E-state index is -3.66. The third-order valence-electron chi connectivity index (χ3n) is 3.34. The summed E-state index contributed by atoms with van der Waals surface area (Å²) in [4.78, 5) is 0.118. The maximum absolute atomic E-state index is 11.3. The Morgan fingerprint density at radius 1 is 1.24 bits per heavy atom. The minimum Gasteiger partial charge on any atom is -0.392 e. The van der Waals surface area contributed by atoms with Crippen molar-refractivity contribution < 1.29 is 13.5 Å². The van der Waals surface area contributed by atoms with E-state index in [0.717, 1.165) is 31.2 Å². The van der Waals surface area contributed by atoms with E-state index < -0.39 is 10.0 Å². The molecule has 1 saturated carbocycles. The van der Waals surface area contributed by atoms with E-state index in [1.807, 2.05) is 6.07 Å². The van der Waals surface area contributed by atoms with E-state index >= 15 is 0 Å². The molecule has 1 unspecified atom stereocenters. The fourth-order valence-electron chi connectivity index (χ4n) is 2.42. The van der Waals surface area contributed by atoms with Crippen LogP contribution >= 0.6 is 0 Å². The number of hydrogen-bond donors (Lipinski definition) is 2. The van der Waals surface area contributed by atoms with Crippen molar-refractivity contribution in [2.75, 3.05) is 0 Å². The normalized spacial score (nSPS) is 25.8. The predicted molar refractivity (Wildman–Crippen MR) is 65.0 cm³/mol. The summed E-state index contributed by atoms with van der Waals surface area (Å²) in [6.07, 6.45) is 3.41. The zero-order valence-corrected chi connectivity index (χ0v) is 10.4. The molecule has 0 amide bonds. The maximum Gasteiger partial charge on any atom is 0.238 e. The van der Waals surface area contributed by atoms with Crippen molar-refractivity contribution in [1.29, 1.82) is 0 Å². The van der Waals surface area contributed by atoms with Crippen LogP contribution in [-0.2, 0) is 10.0 Å². The van der Waals surface area contributed by atoms with Crippen LogP contribution < -0.4 is 5.14 Å². The van der Waals surface area contributed by atoms with Gasteiger partial charge in [0.15, 0.2) is 0 Å². The van der Waals surface area contributed by atoms with Crippen molar-refractivity contribution in [3.8, 4) is 0 Å². The molecule has 2 rings (SSSR count). The molecule has 3 N–H and O–H groups in total. The fraction of sp³-hybridized carbons (Fsp3) is 0.500. The third-order valence-corrected chi connectivity index (χ3v) is 4.26. The van der Waals surface area contributed by atoms with Crippen molar-refractivity contribution in [2.45, 2.75) is 42.6 Å². The summed E-state index contributed by atoms with van der Waals surface area (Å²) >= 11 is 0. The van der Waals surface area contributed by atoms with Gasteiger partial charge in [-0.05, 0) is 30.5 Å². The molecular weight excluding hydrogens is 238 g/mol. The molecule has 0 heterocycles. The van der Waals surface area contributed by atoms with E-state index in [9.17, 15) is 13.5 Å². The van der Waals surface area contributed by atoms with Crippen molar-refractivity contribution >= 4 is 10.0 Å². The quantitative estimate of drug-likeness (QED) is 0.837. The van der Waals surface area contributed by atoms with Gasteiger partial charge >= 0.3 is 0 Å². The number of aliphatic hydroxyl groups is 1. The van der Waals surface area contributed by atoms with Gasteiger partial charge in [0.25, 0.3) is 0 Å². The van der Waals surface area contributed by atoms with Crippen molar-refractivity contribution in [3.05, 3.63) is 29.8 Å². The second-order valence-corrected chi connectivity index (χ2v) is 6.14. The zero-order valence-electron chi connectivity index (χ0n) is 9.54. The van der Waals surface area contributed by atoms with Gasteiger partial charge in [0.1, 0.15) is 0 Å². The van der Waals surface area contributed by atoms with Gasteiger partial charge in [0, 0.05) is 5.92 Å². The molecule has 4 nitrogen and oxygen atoms in total. The Kier molecular flexibility index (Phi) is 3.51. The molecule has 0 bridgehead atoms. The summed E-state index contributed by atoms with van der Waals surface area (Å²) in [7, 11) is -3.66. The van der Waals surface area contributed by atoms with Crippen LogP contribution in [-0.4, -0.2) is 19.6 Å². The van der Waals surface area contributed by atoms with E-state index in [0.29, 0.717) is 0 Å². The largest absolute Gasteiger partial charge is 0.392 e. The van der Waals surface area contributed by atoms with Crippen LogP contribution in [0.1, 0.15) is 37.2 Å². The minimum absolute atomic E-state index is 0.0328. The van der Waals surface area contributed by atoms with Gasteiger partial charge in [-0.2, -0.15) is 0 Å². The first-order valence-electron chi connectivity index (χ1n) is 5.79. The average Bonchev–Trinajstić information content (AvgIpc) is 2.29. The first-order chi connectivity index (χ1) is 7.98. The Bertz CT molecular complexity index is 498. The van der Waals surface area contributed by atoms with Gasteiger partial charge in [-0.25, -0.2) is 13.6 Å². The molecule has 1 aliphatic rings. The van der Waals surface area contributed by atoms with Crippen LogP contribution in [0.5, 0.6) is 0 Å². The molecule has 1 aromatic carbocycles. The standard InChI is InChI=1S/C12H17NO3S/c13-17(15,16)10-5-3-4-9(8-10)11-6-1-2-7-12(11)14/h3-5,8,11-12,14H,1-2,6-7H2,(H2,13,15,16)/t11?,12-/m0/s1. The molecule has 94 valence electrons. The molecule has 1 aromatic rings. The second-order valence-electron chi connectivity index (χ2n) is 4.58. The van der Waals surface area contributed by atoms with Gasteiger partial charge in [0.2, 0.25) is 10.0 Å². The number of sulfonamides is 1. The lowest BCUT2D eigenvalue weighted by atomic mass is 9.82. The molecule has 0 spiro atoms. The first kappa shape index (κ1) is 12.5. The fourth-order valence-corrected chi connectivity index (χ4v) is 2.99. The van der Waals surface area contributed by atoms with Crippen LogP contribution in [0.2, 0.25) is 0 Å². The summed E-state index contributed by atoms with van der Waals surface area (Å²) < 4.78 is 22.5. The number of benzene rings is 1. The highest BCUT2D eigenvalue weighted by atomic mass is 32.2. The topological polar surface area (TPSA) is 80.4 Å². The van der Waals surface area contributed by atoms with Crippen LogP contribution in [0.15, 0.2) is 29.2 Å². The number of rotatable bonds is 2. The average molecular weight is 255 g/mol. The summed E-state index contributed by atoms with van der Waals surface area (Å²) in [6.45, 7) is 0. The molecule has 2 atom stereocenters. The predicted octanol–water partition coefficient (Wildman–Crippen LogP) is 1.35. The van der Waals surface area contributed by atoms with E-state index in [-0.39, 0.29) is 16.9 Å². The molecule has 0 aliphatic heterocycles. The Labute approximate surface area is 102 Å². The molecule has 1 aliphatic carbocycles. The first-order valence-corrected chi connectivity index (χ1v) is 7.34. The number of hydrogen-bond acceptors (Lipinski definition) is 3. The Morgan fingerprint density at radius 2 is 1.94 bits per heavy atom. The smallest absolute Gasteiger partial charge is 0.238 e. The molecule has 0 saturated heterocycles. The van der Waals surface area contributed by atoms with Crippen LogP contribution in [0.4, 0.5) is 0 Å². The number of primary sulfonamides is 1. The second kappa shape index (κ2) is 4.76. The van der Waals surface area contributed by atoms with Crippen LogP contribution in [0.3, 0.4) is 0 Å². The van der Waals surface area contributed by atoms with E-state index in [2.05, 4.69) is 0 Å². The van der Waals surface area contributed by atoms with Crippen molar-refractivity contribution in [3.63, 3.8) is 0 Å². The lowest BCUT2D eigenvalue weighted by Gasteiger charge is -2.28. The Morgan fingerprint density at radius 3 is 2.59 bits per heavy atom. The highest BCUT2D eigenvalue weighted by Crippen LogP contribution is 2.33. The van der Waals surface area contributed by atoms with Gasteiger partial charge < -0.3 is 5.11 Å². The van der Waals surface area contributed by atoms with Gasteiger partial charge in [-0.3, -0.25) is 0 Å². The Balaban J connectivity index is 2.33. The number of aliphatic hydroxyl groups excluding tert-OH is 1. The van der Waals surface area contributed by atoms with Crippen molar-refractivity contribution in [2.24, 2.45) is 5.14 Å². The van der Waals surface area contributed by atoms with E-state index in [1.165, 1.54) is 6.07 Å². The highest BCUT2D eigenvalue weighted by molar-refractivity contribution is 7.89. The van der Waals surface area contributed by atoms with E-state index in [1.54, 1.807) is 12.1 Å². The highest BCUT2D eigenvalue weighted by Gasteiger charge is 2.25. The summed E-state index contributed by atoms with van der Waals surface area (Å²) in [5.74, 6) is 0.0328. The number of nitrogens with two attached hydrogens (primary N) is 1. The lowest BCUT2D eigenvalue weighted by Crippen LogP contribution is -2.23. The molecule has 1 fully saturated rings. The lowest BCUT2D eigenvalue weighted by molar-refractivity contribution is 0.106. The summed E-state index contributed by atoms with van der Waals surface area (Å²) in [5, 5.41) is 15.0. The summed E-state index contributed by atoms with van der Waals surface area (Å²) in [5.41, 5.74) is 0.865. The van der Waals surface area contributed by atoms with Crippen LogP contribution in [0, 0.1) is 0 Å². The van der Waals surface area contributed by atoms with Crippen LogP contribution in [0.25, 0.3) is 0 Å². The molecule has 5 heteroatoms. The van der Waals surface area contributed by atoms with E-state index in [4.69, 9.17) is 5.14 Å². The SMILES string of the molecule is NS(=O)(=O)c1cccc(C2CCCC[C@@H]2O)c1. The maximum atomic E-state index is 11.3.